The molecular weight excluding hydrogens is 468 g/mol. The van der Waals surface area contributed by atoms with Crippen molar-refractivity contribution in [1.82, 2.24) is 14.5 Å². The number of Topliss-reactive ketones (excluding diaryl/α,β-unsaturated/α-hetero) is 1. The molecule has 0 spiro atoms. The van der Waals surface area contributed by atoms with E-state index in [0.29, 0.717) is 30.0 Å². The van der Waals surface area contributed by atoms with Crippen LogP contribution in [0.5, 0.6) is 5.75 Å². The fourth-order valence-electron chi connectivity index (χ4n) is 3.95. The molecule has 0 radical (unpaired) electrons. The number of allylic oxidation sites excluding steroid dienone is 1. The maximum absolute atomic E-state index is 12.9. The van der Waals surface area contributed by atoms with Crippen molar-refractivity contribution in [1.29, 1.82) is 0 Å². The van der Waals surface area contributed by atoms with Gasteiger partial charge in [-0.2, -0.15) is 8.42 Å². The number of ketones is 1. The summed E-state index contributed by atoms with van der Waals surface area (Å²) in [5, 5.41) is 11.0. The molecule has 1 fully saturated rings. The van der Waals surface area contributed by atoms with Crippen LogP contribution < -0.4 is 4.74 Å². The van der Waals surface area contributed by atoms with Gasteiger partial charge in [-0.25, -0.2) is 9.55 Å². The molecule has 0 atom stereocenters. The Morgan fingerprint density at radius 2 is 1.91 bits per heavy atom. The average Bonchev–Trinajstić information content (AvgIpc) is 3.39. The molecule has 1 aliphatic carbocycles. The van der Waals surface area contributed by atoms with E-state index in [1.807, 2.05) is 18.2 Å². The van der Waals surface area contributed by atoms with Gasteiger partial charge in [0.25, 0.3) is 0 Å². The summed E-state index contributed by atoms with van der Waals surface area (Å²) in [5.41, 5.74) is 2.26. The Labute approximate surface area is 196 Å². The average molecular weight is 495 g/mol. The van der Waals surface area contributed by atoms with Crippen molar-refractivity contribution in [3.8, 4) is 5.75 Å². The van der Waals surface area contributed by atoms with Gasteiger partial charge in [0, 0.05) is 23.8 Å². The van der Waals surface area contributed by atoms with Crippen LogP contribution in [-0.4, -0.2) is 68.9 Å². The number of hydrogen-bond donors (Lipinski definition) is 2. The van der Waals surface area contributed by atoms with Crippen LogP contribution in [0.2, 0.25) is 0 Å². The molecular formula is C21H26N4O8S. The number of nitro groups is 1. The number of rotatable bonds is 6. The highest BCUT2D eigenvalue weighted by atomic mass is 32.3. The lowest BCUT2D eigenvalue weighted by Gasteiger charge is -2.19. The van der Waals surface area contributed by atoms with Crippen LogP contribution in [-0.2, 0) is 23.9 Å². The third-order valence-electron chi connectivity index (χ3n) is 5.64. The first-order chi connectivity index (χ1) is 16.0. The van der Waals surface area contributed by atoms with E-state index in [4.69, 9.17) is 22.3 Å². The summed E-state index contributed by atoms with van der Waals surface area (Å²) in [6, 6.07) is 5.62. The SMILES string of the molecule is Cn1c([N+](=O)[O-])cnc1C=C1CCc2cc(OCCN3CCCC3)ccc2C1=O.O=S(=O)(O)O. The van der Waals surface area contributed by atoms with Crippen LogP contribution in [0.25, 0.3) is 6.08 Å². The predicted molar refractivity (Wildman–Crippen MR) is 122 cm³/mol. The number of nitrogens with zero attached hydrogens (tertiary/aromatic N) is 4. The Balaban J connectivity index is 0.000000588. The van der Waals surface area contributed by atoms with Crippen LogP contribution in [0.15, 0.2) is 30.0 Å². The zero-order valence-electron chi connectivity index (χ0n) is 18.6. The smallest absolute Gasteiger partial charge is 0.394 e. The first-order valence-electron chi connectivity index (χ1n) is 10.6. The Morgan fingerprint density at radius 1 is 1.24 bits per heavy atom. The first kappa shape index (κ1) is 25.5. The van der Waals surface area contributed by atoms with E-state index >= 15 is 0 Å². The molecule has 1 aliphatic heterocycles. The fraction of sp³-hybridized carbons (Fsp3) is 0.429. The molecule has 0 saturated carbocycles. The Hall–Kier alpha value is -3.13. The van der Waals surface area contributed by atoms with Gasteiger partial charge >= 0.3 is 16.2 Å². The van der Waals surface area contributed by atoms with Crippen molar-refractivity contribution < 1.29 is 32.0 Å². The van der Waals surface area contributed by atoms with Gasteiger partial charge < -0.3 is 14.9 Å². The highest BCUT2D eigenvalue weighted by Crippen LogP contribution is 2.29. The molecule has 0 unspecified atom stereocenters. The first-order valence-corrected chi connectivity index (χ1v) is 12.0. The van der Waals surface area contributed by atoms with E-state index in [-0.39, 0.29) is 11.6 Å². The molecule has 0 bridgehead atoms. The molecule has 0 amide bonds. The third kappa shape index (κ3) is 6.93. The molecule has 4 rings (SSSR count). The molecule has 1 aromatic carbocycles. The summed E-state index contributed by atoms with van der Waals surface area (Å²) in [7, 11) is -3.09. The fourth-order valence-corrected chi connectivity index (χ4v) is 3.95. The molecule has 2 aromatic rings. The van der Waals surface area contributed by atoms with Gasteiger partial charge in [0.2, 0.25) is 5.82 Å². The number of aromatic nitrogens is 2. The molecule has 2 N–H and O–H groups in total. The van der Waals surface area contributed by atoms with Crippen LogP contribution in [0, 0.1) is 10.1 Å². The lowest BCUT2D eigenvalue weighted by atomic mass is 9.86. The van der Waals surface area contributed by atoms with Crippen molar-refractivity contribution in [2.24, 2.45) is 7.05 Å². The minimum atomic E-state index is -4.67. The molecule has 2 heterocycles. The number of likely N-dealkylation sites (tertiary alicyclic amines) is 1. The molecule has 13 heteroatoms. The predicted octanol–water partition coefficient (Wildman–Crippen LogP) is 2.36. The van der Waals surface area contributed by atoms with Crippen LogP contribution in [0.4, 0.5) is 5.82 Å². The van der Waals surface area contributed by atoms with E-state index in [1.54, 1.807) is 13.1 Å². The molecule has 12 nitrogen and oxygen atoms in total. The number of hydrogen-bond acceptors (Lipinski definition) is 8. The topological polar surface area (TPSA) is 165 Å². The maximum Gasteiger partial charge on any atom is 0.394 e. The van der Waals surface area contributed by atoms with Gasteiger partial charge in [-0.3, -0.25) is 18.8 Å². The summed E-state index contributed by atoms with van der Waals surface area (Å²) in [6.45, 7) is 3.88. The Bertz CT molecular complexity index is 1190. The molecule has 2 aliphatic rings. The summed E-state index contributed by atoms with van der Waals surface area (Å²) >= 11 is 0. The van der Waals surface area contributed by atoms with Gasteiger partial charge in [0.05, 0.1) is 7.05 Å². The number of benzene rings is 1. The minimum Gasteiger partial charge on any atom is -0.492 e. The van der Waals surface area contributed by atoms with E-state index < -0.39 is 15.3 Å². The summed E-state index contributed by atoms with van der Waals surface area (Å²) in [5.74, 6) is 1.05. The van der Waals surface area contributed by atoms with Crippen molar-refractivity contribution in [3.63, 3.8) is 0 Å². The van der Waals surface area contributed by atoms with Gasteiger partial charge in [-0.15, -0.1) is 0 Å². The van der Waals surface area contributed by atoms with Gasteiger partial charge in [-0.05, 0) is 67.5 Å². The van der Waals surface area contributed by atoms with E-state index in [9.17, 15) is 14.9 Å². The van der Waals surface area contributed by atoms with Crippen LogP contribution in [0.3, 0.4) is 0 Å². The van der Waals surface area contributed by atoms with Gasteiger partial charge in [0.1, 0.15) is 18.6 Å². The quantitative estimate of drug-likeness (QED) is 0.263. The second-order valence-electron chi connectivity index (χ2n) is 7.95. The number of aryl methyl sites for hydroxylation is 1. The van der Waals surface area contributed by atoms with E-state index in [0.717, 1.165) is 37.4 Å². The van der Waals surface area contributed by atoms with Gasteiger partial charge in [-0.1, -0.05) is 0 Å². The number of carbonyl (C=O) groups is 1. The van der Waals surface area contributed by atoms with Gasteiger partial charge in [0.15, 0.2) is 5.78 Å². The number of carbonyl (C=O) groups excluding carboxylic acids is 1. The van der Waals surface area contributed by atoms with E-state index in [2.05, 4.69) is 9.88 Å². The minimum absolute atomic E-state index is 0.0551. The normalized spacial score (nSPS) is 17.3. The lowest BCUT2D eigenvalue weighted by molar-refractivity contribution is -0.391. The maximum atomic E-state index is 12.9. The lowest BCUT2D eigenvalue weighted by Crippen LogP contribution is -2.25. The van der Waals surface area contributed by atoms with Crippen molar-refractivity contribution >= 4 is 28.1 Å². The highest BCUT2D eigenvalue weighted by Gasteiger charge is 2.24. The highest BCUT2D eigenvalue weighted by molar-refractivity contribution is 7.79. The van der Waals surface area contributed by atoms with Crippen molar-refractivity contribution in [2.75, 3.05) is 26.2 Å². The van der Waals surface area contributed by atoms with E-state index in [1.165, 1.54) is 23.6 Å². The van der Waals surface area contributed by atoms with Crippen molar-refractivity contribution in [2.45, 2.75) is 25.7 Å². The third-order valence-corrected chi connectivity index (χ3v) is 5.64. The number of fused-ring (bicyclic) bond motifs is 1. The number of ether oxygens (including phenoxy) is 1. The Morgan fingerprint density at radius 3 is 2.53 bits per heavy atom. The summed E-state index contributed by atoms with van der Waals surface area (Å²) in [6.07, 6.45) is 6.69. The number of imidazole rings is 1. The van der Waals surface area contributed by atoms with Crippen LogP contribution in [0.1, 0.15) is 41.0 Å². The zero-order chi connectivity index (χ0) is 24.9. The monoisotopic (exact) mass is 494 g/mol. The molecule has 34 heavy (non-hydrogen) atoms. The molecule has 1 aromatic heterocycles. The summed E-state index contributed by atoms with van der Waals surface area (Å²) in [4.78, 5) is 29.9. The largest absolute Gasteiger partial charge is 0.492 e. The molecule has 1 saturated heterocycles. The second-order valence-corrected chi connectivity index (χ2v) is 8.85. The molecule has 184 valence electrons. The second kappa shape index (κ2) is 10.9. The zero-order valence-corrected chi connectivity index (χ0v) is 19.4. The standard InChI is InChI=1S/C21H24N4O4.H2O4S/c1-23-19(22-14-20(23)25(27)28)13-16-5-4-15-12-17(6-7-18(15)21(16)26)29-11-10-24-8-2-3-9-24;1-5(2,3)4/h6-7,12-14H,2-5,8-11H2,1H3;(H2,1,2,3,4). The van der Waals surface area contributed by atoms with Crippen LogP contribution >= 0.6 is 0 Å². The van der Waals surface area contributed by atoms with Crippen molar-refractivity contribution in [3.05, 3.63) is 57.0 Å². The summed E-state index contributed by atoms with van der Waals surface area (Å²) < 4.78 is 38.9. The Kier molecular flexibility index (Phi) is 8.15.